The fraction of sp³-hybridized carbons (Fsp3) is 0.263. The first-order valence-electron chi connectivity index (χ1n) is 8.17. The lowest BCUT2D eigenvalue weighted by Gasteiger charge is -2.26. The third-order valence-corrected chi connectivity index (χ3v) is 4.46. The Morgan fingerprint density at radius 3 is 2.64 bits per heavy atom. The van der Waals surface area contributed by atoms with Crippen LogP contribution in [0.3, 0.4) is 0 Å². The fourth-order valence-corrected chi connectivity index (χ4v) is 3.18. The molecule has 0 fully saturated rings. The second kappa shape index (κ2) is 6.47. The molecule has 0 amide bonds. The van der Waals surface area contributed by atoms with Crippen LogP contribution in [0.4, 0.5) is 6.01 Å². The van der Waals surface area contributed by atoms with Crippen molar-refractivity contribution >= 4 is 6.01 Å². The van der Waals surface area contributed by atoms with E-state index in [1.165, 1.54) is 11.1 Å². The van der Waals surface area contributed by atoms with Crippen molar-refractivity contribution in [3.8, 4) is 22.9 Å². The van der Waals surface area contributed by atoms with Crippen LogP contribution in [0.5, 0.6) is 11.5 Å². The van der Waals surface area contributed by atoms with Gasteiger partial charge in [0.2, 0.25) is 5.82 Å². The number of aromatic nitrogens is 2. The molecule has 2 aromatic carbocycles. The Morgan fingerprint density at radius 1 is 1.00 bits per heavy atom. The van der Waals surface area contributed by atoms with Crippen LogP contribution in [-0.2, 0) is 13.0 Å². The van der Waals surface area contributed by atoms with Gasteiger partial charge in [-0.2, -0.15) is 4.98 Å². The van der Waals surface area contributed by atoms with Crippen LogP contribution >= 0.6 is 0 Å². The van der Waals surface area contributed by atoms with E-state index >= 15 is 0 Å². The highest BCUT2D eigenvalue weighted by molar-refractivity contribution is 5.69. The number of anilines is 1. The van der Waals surface area contributed by atoms with Gasteiger partial charge in [0.25, 0.3) is 0 Å². The number of methoxy groups -OCH3 is 2. The van der Waals surface area contributed by atoms with Crippen LogP contribution in [0.25, 0.3) is 11.4 Å². The zero-order valence-electron chi connectivity index (χ0n) is 14.2. The molecule has 4 rings (SSSR count). The molecule has 6 heteroatoms. The summed E-state index contributed by atoms with van der Waals surface area (Å²) in [5.41, 5.74) is 3.43. The monoisotopic (exact) mass is 337 g/mol. The zero-order chi connectivity index (χ0) is 17.2. The molecule has 0 spiro atoms. The summed E-state index contributed by atoms with van der Waals surface area (Å²) in [6.45, 7) is 1.63. The van der Waals surface area contributed by atoms with Gasteiger partial charge in [0.05, 0.1) is 19.8 Å². The van der Waals surface area contributed by atoms with Crippen LogP contribution < -0.4 is 14.4 Å². The Bertz CT molecular complexity index is 891. The lowest BCUT2D eigenvalue weighted by molar-refractivity contribution is 0.355. The number of hydrogen-bond acceptors (Lipinski definition) is 6. The number of hydrogen-bond donors (Lipinski definition) is 0. The molecule has 0 saturated heterocycles. The summed E-state index contributed by atoms with van der Waals surface area (Å²) in [5, 5.41) is 4.14. The van der Waals surface area contributed by atoms with E-state index in [0.717, 1.165) is 25.1 Å². The van der Waals surface area contributed by atoms with Gasteiger partial charge in [-0.1, -0.05) is 35.5 Å². The largest absolute Gasteiger partial charge is 0.493 e. The SMILES string of the molecule is COc1cccc(-c2noc(N3CCc4ccccc4C3)n2)c1OC. The van der Waals surface area contributed by atoms with Crippen LogP contribution in [0.1, 0.15) is 11.1 Å². The maximum atomic E-state index is 5.52. The number of fused-ring (bicyclic) bond motifs is 1. The molecule has 0 unspecified atom stereocenters. The van der Waals surface area contributed by atoms with Gasteiger partial charge in [-0.15, -0.1) is 0 Å². The topological polar surface area (TPSA) is 60.6 Å². The molecule has 0 atom stereocenters. The normalized spacial score (nSPS) is 13.4. The molecule has 1 aliphatic rings. The van der Waals surface area contributed by atoms with Crippen LogP contribution in [0.2, 0.25) is 0 Å². The van der Waals surface area contributed by atoms with Crippen molar-refractivity contribution in [1.29, 1.82) is 0 Å². The zero-order valence-corrected chi connectivity index (χ0v) is 14.2. The Hall–Kier alpha value is -3.02. The number of ether oxygens (including phenoxy) is 2. The quantitative estimate of drug-likeness (QED) is 0.728. The van der Waals surface area contributed by atoms with Crippen LogP contribution in [0.15, 0.2) is 47.0 Å². The number of benzene rings is 2. The van der Waals surface area contributed by atoms with Crippen molar-refractivity contribution in [2.75, 3.05) is 25.7 Å². The molecule has 2 heterocycles. The van der Waals surface area contributed by atoms with Gasteiger partial charge in [0.1, 0.15) is 0 Å². The summed E-state index contributed by atoms with van der Waals surface area (Å²) in [4.78, 5) is 6.68. The average Bonchev–Trinajstić information content (AvgIpc) is 3.16. The predicted octanol–water partition coefficient (Wildman–Crippen LogP) is 3.32. The molecule has 6 nitrogen and oxygen atoms in total. The molecule has 25 heavy (non-hydrogen) atoms. The van der Waals surface area contributed by atoms with E-state index in [4.69, 9.17) is 14.0 Å². The molecule has 0 bridgehead atoms. The molecule has 0 saturated carbocycles. The molecular formula is C19H19N3O3. The fourth-order valence-electron chi connectivity index (χ4n) is 3.18. The minimum absolute atomic E-state index is 0.490. The summed E-state index contributed by atoms with van der Waals surface area (Å²) in [6, 6.07) is 14.6. The third-order valence-electron chi connectivity index (χ3n) is 4.46. The van der Waals surface area contributed by atoms with Crippen LogP contribution in [0, 0.1) is 0 Å². The Labute approximate surface area is 146 Å². The molecule has 1 aromatic heterocycles. The minimum atomic E-state index is 0.490. The summed E-state index contributed by atoms with van der Waals surface area (Å²) in [5.74, 6) is 1.73. The van der Waals surface area contributed by atoms with E-state index in [9.17, 15) is 0 Å². The summed E-state index contributed by atoms with van der Waals surface area (Å²) >= 11 is 0. The van der Waals surface area contributed by atoms with Gasteiger partial charge in [0.15, 0.2) is 11.5 Å². The predicted molar refractivity (Wildman–Crippen MR) is 94.0 cm³/mol. The van der Waals surface area contributed by atoms with Gasteiger partial charge in [-0.05, 0) is 29.7 Å². The van der Waals surface area contributed by atoms with E-state index in [0.29, 0.717) is 23.3 Å². The van der Waals surface area contributed by atoms with E-state index in [1.807, 2.05) is 18.2 Å². The number of rotatable bonds is 4. The van der Waals surface area contributed by atoms with Crippen LogP contribution in [-0.4, -0.2) is 30.9 Å². The van der Waals surface area contributed by atoms with Crippen molar-refractivity contribution in [2.45, 2.75) is 13.0 Å². The van der Waals surface area contributed by atoms with E-state index in [-0.39, 0.29) is 0 Å². The van der Waals surface area contributed by atoms with E-state index in [1.54, 1.807) is 14.2 Å². The van der Waals surface area contributed by atoms with Crippen molar-refractivity contribution in [2.24, 2.45) is 0 Å². The number of para-hydroxylation sites is 1. The highest BCUT2D eigenvalue weighted by Gasteiger charge is 2.23. The molecule has 0 radical (unpaired) electrons. The first kappa shape index (κ1) is 15.5. The van der Waals surface area contributed by atoms with Crippen molar-refractivity contribution in [3.05, 3.63) is 53.6 Å². The second-order valence-corrected chi connectivity index (χ2v) is 5.88. The smallest absolute Gasteiger partial charge is 0.324 e. The lowest BCUT2D eigenvalue weighted by atomic mass is 10.0. The highest BCUT2D eigenvalue weighted by Crippen LogP contribution is 2.37. The molecule has 0 N–H and O–H groups in total. The average molecular weight is 337 g/mol. The maximum Gasteiger partial charge on any atom is 0.324 e. The van der Waals surface area contributed by atoms with Gasteiger partial charge >= 0.3 is 6.01 Å². The number of nitrogens with zero attached hydrogens (tertiary/aromatic N) is 3. The third kappa shape index (κ3) is 2.80. The Morgan fingerprint density at radius 2 is 1.84 bits per heavy atom. The van der Waals surface area contributed by atoms with Gasteiger partial charge in [-0.3, -0.25) is 0 Å². The second-order valence-electron chi connectivity index (χ2n) is 5.88. The first-order chi connectivity index (χ1) is 12.3. The van der Waals surface area contributed by atoms with Crippen molar-refractivity contribution in [1.82, 2.24) is 10.1 Å². The maximum absolute atomic E-state index is 5.52. The highest BCUT2D eigenvalue weighted by atomic mass is 16.5. The minimum Gasteiger partial charge on any atom is -0.493 e. The van der Waals surface area contributed by atoms with Gasteiger partial charge in [-0.25, -0.2) is 0 Å². The van der Waals surface area contributed by atoms with Crippen molar-refractivity contribution < 1.29 is 14.0 Å². The molecule has 3 aromatic rings. The van der Waals surface area contributed by atoms with Gasteiger partial charge in [0, 0.05) is 13.1 Å². The first-order valence-corrected chi connectivity index (χ1v) is 8.17. The molecule has 128 valence electrons. The summed E-state index contributed by atoms with van der Waals surface area (Å²) < 4.78 is 16.3. The molecule has 0 aliphatic carbocycles. The standard InChI is InChI=1S/C19H19N3O3/c1-23-16-9-5-8-15(17(16)24-2)18-20-19(25-21-18)22-11-10-13-6-3-4-7-14(13)12-22/h3-9H,10-12H2,1-2H3. The Balaban J connectivity index is 1.64. The van der Waals surface area contributed by atoms with E-state index < -0.39 is 0 Å². The molecule has 1 aliphatic heterocycles. The molecular weight excluding hydrogens is 318 g/mol. The summed E-state index contributed by atoms with van der Waals surface area (Å²) in [6.07, 6.45) is 0.969. The lowest BCUT2D eigenvalue weighted by Crippen LogP contribution is -2.30. The summed E-state index contributed by atoms with van der Waals surface area (Å²) in [7, 11) is 3.21. The Kier molecular flexibility index (Phi) is 4.01. The van der Waals surface area contributed by atoms with Crippen molar-refractivity contribution in [3.63, 3.8) is 0 Å². The van der Waals surface area contributed by atoms with Gasteiger partial charge < -0.3 is 18.9 Å². The van der Waals surface area contributed by atoms with E-state index in [2.05, 4.69) is 39.3 Å².